The molecule has 0 aliphatic carbocycles. The standard InChI is InChI=1S/C15H14N4/c1-2-19-11-12(10-18-19)9-17-14-7-3-5-13-6-4-8-16-15(13)14/h2-8,10-11,17H,1,9H2. The molecule has 1 N–H and O–H groups in total. The van der Waals surface area contributed by atoms with Crippen molar-refractivity contribution in [1.29, 1.82) is 0 Å². The monoisotopic (exact) mass is 250 g/mol. The van der Waals surface area contributed by atoms with Crippen molar-refractivity contribution in [2.24, 2.45) is 0 Å². The first-order chi connectivity index (χ1) is 9.36. The van der Waals surface area contributed by atoms with Gasteiger partial charge in [-0.2, -0.15) is 5.10 Å². The highest BCUT2D eigenvalue weighted by molar-refractivity contribution is 5.90. The molecule has 0 spiro atoms. The maximum Gasteiger partial charge on any atom is 0.0933 e. The summed E-state index contributed by atoms with van der Waals surface area (Å²) in [6.45, 7) is 4.39. The molecule has 0 saturated heterocycles. The van der Waals surface area contributed by atoms with Crippen molar-refractivity contribution in [1.82, 2.24) is 14.8 Å². The lowest BCUT2D eigenvalue weighted by atomic mass is 10.2. The van der Waals surface area contributed by atoms with Crippen LogP contribution in [0.2, 0.25) is 0 Å². The Morgan fingerprint density at radius 2 is 2.16 bits per heavy atom. The Kier molecular flexibility index (Phi) is 2.98. The second-order valence-electron chi connectivity index (χ2n) is 4.25. The number of anilines is 1. The fraction of sp³-hybridized carbons (Fsp3) is 0.0667. The highest BCUT2D eigenvalue weighted by Gasteiger charge is 2.02. The second kappa shape index (κ2) is 4.94. The molecular formula is C15H14N4. The van der Waals surface area contributed by atoms with Gasteiger partial charge in [0.05, 0.1) is 17.4 Å². The van der Waals surface area contributed by atoms with E-state index in [0.717, 1.165) is 22.2 Å². The summed E-state index contributed by atoms with van der Waals surface area (Å²) in [4.78, 5) is 4.42. The van der Waals surface area contributed by atoms with E-state index < -0.39 is 0 Å². The van der Waals surface area contributed by atoms with Crippen molar-refractivity contribution < 1.29 is 0 Å². The van der Waals surface area contributed by atoms with Gasteiger partial charge in [0, 0.05) is 36.1 Å². The lowest BCUT2D eigenvalue weighted by molar-refractivity contribution is 0.936. The summed E-state index contributed by atoms with van der Waals surface area (Å²) in [5.41, 5.74) is 3.12. The smallest absolute Gasteiger partial charge is 0.0933 e. The van der Waals surface area contributed by atoms with Crippen molar-refractivity contribution in [3.05, 3.63) is 61.1 Å². The third-order valence-corrected chi connectivity index (χ3v) is 2.96. The summed E-state index contributed by atoms with van der Waals surface area (Å²) in [6, 6.07) is 10.1. The first-order valence-electron chi connectivity index (χ1n) is 6.10. The van der Waals surface area contributed by atoms with Crippen molar-refractivity contribution in [3.63, 3.8) is 0 Å². The maximum atomic E-state index is 4.42. The van der Waals surface area contributed by atoms with Crippen LogP contribution in [0.1, 0.15) is 5.56 Å². The van der Waals surface area contributed by atoms with E-state index >= 15 is 0 Å². The average molecular weight is 250 g/mol. The number of benzene rings is 1. The fourth-order valence-electron chi connectivity index (χ4n) is 2.01. The minimum Gasteiger partial charge on any atom is -0.379 e. The molecule has 0 amide bonds. The van der Waals surface area contributed by atoms with Crippen LogP contribution in [0.3, 0.4) is 0 Å². The molecular weight excluding hydrogens is 236 g/mol. The Bertz CT molecular complexity index is 709. The van der Waals surface area contributed by atoms with Crippen LogP contribution in [0.25, 0.3) is 17.1 Å². The van der Waals surface area contributed by atoms with Gasteiger partial charge in [0.15, 0.2) is 0 Å². The molecule has 0 fully saturated rings. The molecule has 0 atom stereocenters. The van der Waals surface area contributed by atoms with Gasteiger partial charge in [0.1, 0.15) is 0 Å². The highest BCUT2D eigenvalue weighted by atomic mass is 15.2. The predicted molar refractivity (Wildman–Crippen MR) is 77.7 cm³/mol. The Hall–Kier alpha value is -2.62. The van der Waals surface area contributed by atoms with E-state index in [1.165, 1.54) is 0 Å². The third kappa shape index (κ3) is 2.33. The zero-order chi connectivity index (χ0) is 13.1. The topological polar surface area (TPSA) is 42.7 Å². The summed E-state index contributed by atoms with van der Waals surface area (Å²) in [5, 5.41) is 8.68. The van der Waals surface area contributed by atoms with Gasteiger partial charge < -0.3 is 5.32 Å². The minimum absolute atomic E-state index is 0.712. The molecule has 2 heterocycles. The normalized spacial score (nSPS) is 10.5. The second-order valence-corrected chi connectivity index (χ2v) is 4.25. The van der Waals surface area contributed by atoms with Gasteiger partial charge in [-0.3, -0.25) is 4.98 Å². The van der Waals surface area contributed by atoms with Gasteiger partial charge >= 0.3 is 0 Å². The van der Waals surface area contributed by atoms with Crippen molar-refractivity contribution in [2.45, 2.75) is 6.54 Å². The van der Waals surface area contributed by atoms with Gasteiger partial charge in [0.25, 0.3) is 0 Å². The predicted octanol–water partition coefficient (Wildman–Crippen LogP) is 3.14. The number of nitrogens with one attached hydrogen (secondary N) is 1. The molecule has 4 nitrogen and oxygen atoms in total. The maximum absolute atomic E-state index is 4.42. The van der Waals surface area contributed by atoms with Crippen LogP contribution in [-0.4, -0.2) is 14.8 Å². The summed E-state index contributed by atoms with van der Waals surface area (Å²) in [6.07, 6.45) is 7.25. The molecule has 0 unspecified atom stereocenters. The van der Waals surface area contributed by atoms with Crippen LogP contribution in [0.5, 0.6) is 0 Å². The number of rotatable bonds is 4. The van der Waals surface area contributed by atoms with Gasteiger partial charge in [-0.1, -0.05) is 24.8 Å². The quantitative estimate of drug-likeness (QED) is 0.773. The van der Waals surface area contributed by atoms with Gasteiger partial charge in [0.2, 0.25) is 0 Å². The lowest BCUT2D eigenvalue weighted by Gasteiger charge is -2.07. The third-order valence-electron chi connectivity index (χ3n) is 2.96. The molecule has 3 aromatic rings. The molecule has 0 aliphatic heterocycles. The number of nitrogens with zero attached hydrogens (tertiary/aromatic N) is 3. The van der Waals surface area contributed by atoms with E-state index in [-0.39, 0.29) is 0 Å². The molecule has 1 aromatic carbocycles. The summed E-state index contributed by atoms with van der Waals surface area (Å²) in [5.74, 6) is 0. The Labute approximate surface area is 111 Å². The van der Waals surface area contributed by atoms with Crippen LogP contribution in [-0.2, 0) is 6.54 Å². The van der Waals surface area contributed by atoms with E-state index in [1.54, 1.807) is 10.9 Å². The number of hydrogen-bond acceptors (Lipinski definition) is 3. The molecule has 2 aromatic heterocycles. The van der Waals surface area contributed by atoms with Gasteiger partial charge in [-0.05, 0) is 12.1 Å². The van der Waals surface area contributed by atoms with Crippen molar-refractivity contribution in [3.8, 4) is 0 Å². The average Bonchev–Trinajstić information content (AvgIpc) is 2.93. The van der Waals surface area contributed by atoms with E-state index in [9.17, 15) is 0 Å². The van der Waals surface area contributed by atoms with Crippen LogP contribution < -0.4 is 5.32 Å². The van der Waals surface area contributed by atoms with E-state index in [2.05, 4.69) is 34.1 Å². The van der Waals surface area contributed by atoms with E-state index in [0.29, 0.717) is 6.54 Å². The SMILES string of the molecule is C=Cn1cc(CNc2cccc3cccnc23)cn1. The zero-order valence-electron chi connectivity index (χ0n) is 10.5. The van der Waals surface area contributed by atoms with E-state index in [4.69, 9.17) is 0 Å². The minimum atomic E-state index is 0.712. The van der Waals surface area contributed by atoms with Crippen LogP contribution in [0, 0.1) is 0 Å². The lowest BCUT2D eigenvalue weighted by Crippen LogP contribution is -1.99. The molecule has 0 bridgehead atoms. The van der Waals surface area contributed by atoms with Crippen molar-refractivity contribution in [2.75, 3.05) is 5.32 Å². The van der Waals surface area contributed by atoms with Crippen LogP contribution in [0.15, 0.2) is 55.5 Å². The molecule has 0 aliphatic rings. The fourth-order valence-corrected chi connectivity index (χ4v) is 2.01. The Morgan fingerprint density at radius 3 is 3.00 bits per heavy atom. The largest absolute Gasteiger partial charge is 0.379 e. The zero-order valence-corrected chi connectivity index (χ0v) is 10.5. The molecule has 19 heavy (non-hydrogen) atoms. The molecule has 94 valence electrons. The van der Waals surface area contributed by atoms with E-state index in [1.807, 2.05) is 36.8 Å². The summed E-state index contributed by atoms with van der Waals surface area (Å²) in [7, 11) is 0. The van der Waals surface area contributed by atoms with Gasteiger partial charge in [-0.15, -0.1) is 0 Å². The van der Waals surface area contributed by atoms with Gasteiger partial charge in [-0.25, -0.2) is 4.68 Å². The number of hydrogen-bond donors (Lipinski definition) is 1. The Morgan fingerprint density at radius 1 is 1.26 bits per heavy atom. The number of fused-ring (bicyclic) bond motifs is 1. The number of para-hydroxylation sites is 1. The first-order valence-corrected chi connectivity index (χ1v) is 6.10. The summed E-state index contributed by atoms with van der Waals surface area (Å²) >= 11 is 0. The summed E-state index contributed by atoms with van der Waals surface area (Å²) < 4.78 is 1.69. The van der Waals surface area contributed by atoms with Crippen LogP contribution >= 0.6 is 0 Å². The molecule has 0 radical (unpaired) electrons. The van der Waals surface area contributed by atoms with Crippen LogP contribution in [0.4, 0.5) is 5.69 Å². The number of pyridine rings is 1. The molecule has 0 saturated carbocycles. The number of aromatic nitrogens is 3. The Balaban J connectivity index is 1.83. The van der Waals surface area contributed by atoms with Crippen molar-refractivity contribution >= 4 is 22.8 Å². The molecule has 3 rings (SSSR count). The first kappa shape index (κ1) is 11.5. The highest BCUT2D eigenvalue weighted by Crippen LogP contribution is 2.21. The molecule has 4 heteroatoms.